The first-order chi connectivity index (χ1) is 11.1. The molecule has 24 heavy (non-hydrogen) atoms. The molecular formula is C19H29N3O2. The Bertz CT molecular complexity index is 602. The van der Waals surface area contributed by atoms with Crippen molar-refractivity contribution in [3.05, 3.63) is 35.4 Å². The Morgan fingerprint density at radius 1 is 1.08 bits per heavy atom. The summed E-state index contributed by atoms with van der Waals surface area (Å²) >= 11 is 0. The number of carbonyl (C=O) groups is 2. The summed E-state index contributed by atoms with van der Waals surface area (Å²) in [6.45, 7) is 8.37. The molecule has 0 aromatic heterocycles. The highest BCUT2D eigenvalue weighted by atomic mass is 16.2. The van der Waals surface area contributed by atoms with E-state index in [2.05, 4.69) is 25.7 Å². The van der Waals surface area contributed by atoms with Crippen molar-refractivity contribution in [2.75, 3.05) is 40.8 Å². The minimum atomic E-state index is -0.423. The van der Waals surface area contributed by atoms with Crippen molar-refractivity contribution >= 4 is 11.8 Å². The largest absolute Gasteiger partial charge is 0.347 e. The molecule has 1 atom stereocenters. The van der Waals surface area contributed by atoms with Gasteiger partial charge >= 0.3 is 0 Å². The highest BCUT2D eigenvalue weighted by Crippen LogP contribution is 2.23. The molecule has 1 fully saturated rings. The smallest absolute Gasteiger partial charge is 0.254 e. The normalized spacial score (nSPS) is 19.2. The van der Waals surface area contributed by atoms with Crippen LogP contribution in [0.1, 0.15) is 36.7 Å². The summed E-state index contributed by atoms with van der Waals surface area (Å²) in [6, 6.07) is 7.34. The van der Waals surface area contributed by atoms with E-state index in [1.807, 2.05) is 31.3 Å². The minimum absolute atomic E-state index is 0.0267. The van der Waals surface area contributed by atoms with Crippen LogP contribution < -0.4 is 0 Å². The third-order valence-corrected chi connectivity index (χ3v) is 4.57. The van der Waals surface area contributed by atoms with Crippen LogP contribution in [0.4, 0.5) is 0 Å². The molecule has 0 aliphatic carbocycles. The molecule has 1 aliphatic heterocycles. The van der Waals surface area contributed by atoms with Gasteiger partial charge in [0.05, 0.1) is 0 Å². The van der Waals surface area contributed by atoms with Gasteiger partial charge in [0.1, 0.15) is 6.04 Å². The van der Waals surface area contributed by atoms with Crippen LogP contribution in [0.3, 0.4) is 0 Å². The van der Waals surface area contributed by atoms with Crippen molar-refractivity contribution < 1.29 is 9.59 Å². The number of hydrogen-bond donors (Lipinski definition) is 0. The van der Waals surface area contributed by atoms with Crippen LogP contribution in [0.25, 0.3) is 0 Å². The predicted octanol–water partition coefficient (Wildman–Crippen LogP) is 1.83. The molecule has 1 aliphatic rings. The number of hydrogen-bond acceptors (Lipinski definition) is 3. The van der Waals surface area contributed by atoms with E-state index >= 15 is 0 Å². The molecule has 1 aromatic rings. The van der Waals surface area contributed by atoms with Gasteiger partial charge in [0.15, 0.2) is 0 Å². The van der Waals surface area contributed by atoms with Gasteiger partial charge in [-0.15, -0.1) is 0 Å². The lowest BCUT2D eigenvalue weighted by molar-refractivity contribution is -0.135. The number of rotatable bonds is 2. The van der Waals surface area contributed by atoms with Gasteiger partial charge in [-0.2, -0.15) is 0 Å². The molecule has 1 saturated heterocycles. The van der Waals surface area contributed by atoms with Crippen LogP contribution in [0.15, 0.2) is 24.3 Å². The van der Waals surface area contributed by atoms with Gasteiger partial charge in [0, 0.05) is 39.3 Å². The standard InChI is InChI=1S/C19H29N3O2/c1-19(2,3)15-9-7-14(8-10-15)17(23)22-12-11-21(6)13-16(22)18(24)20(4)5/h7-10,16H,11-13H2,1-6H3. The SMILES string of the molecule is CN1CCN(C(=O)c2ccc(C(C)(C)C)cc2)C(C(=O)N(C)C)C1. The quantitative estimate of drug-likeness (QED) is 0.830. The topological polar surface area (TPSA) is 43.9 Å². The second-order valence-electron chi connectivity index (χ2n) is 7.84. The molecule has 1 unspecified atom stereocenters. The van der Waals surface area contributed by atoms with Crippen LogP contribution >= 0.6 is 0 Å². The zero-order chi connectivity index (χ0) is 18.1. The molecule has 0 N–H and O–H groups in total. The van der Waals surface area contributed by atoms with Gasteiger partial charge in [-0.05, 0) is 30.2 Å². The first-order valence-corrected chi connectivity index (χ1v) is 8.42. The molecule has 2 rings (SSSR count). The molecule has 0 bridgehead atoms. The summed E-state index contributed by atoms with van der Waals surface area (Å²) in [5.41, 5.74) is 1.89. The Balaban J connectivity index is 2.24. The zero-order valence-corrected chi connectivity index (χ0v) is 15.7. The van der Waals surface area contributed by atoms with Gasteiger partial charge in [-0.1, -0.05) is 32.9 Å². The summed E-state index contributed by atoms with van der Waals surface area (Å²) in [4.78, 5) is 30.8. The van der Waals surface area contributed by atoms with E-state index < -0.39 is 6.04 Å². The van der Waals surface area contributed by atoms with E-state index in [-0.39, 0.29) is 17.2 Å². The Kier molecular flexibility index (Phi) is 5.33. The van der Waals surface area contributed by atoms with Gasteiger partial charge < -0.3 is 14.7 Å². The number of benzene rings is 1. The van der Waals surface area contributed by atoms with Gasteiger partial charge in [0.2, 0.25) is 5.91 Å². The fourth-order valence-corrected chi connectivity index (χ4v) is 2.95. The lowest BCUT2D eigenvalue weighted by atomic mass is 9.86. The van der Waals surface area contributed by atoms with E-state index in [0.717, 1.165) is 6.54 Å². The summed E-state index contributed by atoms with van der Waals surface area (Å²) < 4.78 is 0. The van der Waals surface area contributed by atoms with Gasteiger partial charge in [-0.3, -0.25) is 9.59 Å². The molecule has 132 valence electrons. The molecule has 1 aromatic carbocycles. The maximum absolute atomic E-state index is 12.9. The highest BCUT2D eigenvalue weighted by Gasteiger charge is 2.35. The van der Waals surface area contributed by atoms with E-state index in [4.69, 9.17) is 0 Å². The third kappa shape index (κ3) is 3.96. The number of likely N-dealkylation sites (N-methyl/N-ethyl adjacent to an activating group) is 2. The van der Waals surface area contributed by atoms with Crippen molar-refractivity contribution in [3.63, 3.8) is 0 Å². The molecule has 0 radical (unpaired) electrons. The minimum Gasteiger partial charge on any atom is -0.347 e. The lowest BCUT2D eigenvalue weighted by Crippen LogP contribution is -2.59. The fraction of sp³-hybridized carbons (Fsp3) is 0.579. The molecule has 5 heteroatoms. The Morgan fingerprint density at radius 2 is 1.67 bits per heavy atom. The predicted molar refractivity (Wildman–Crippen MR) is 96.2 cm³/mol. The first-order valence-electron chi connectivity index (χ1n) is 8.42. The third-order valence-electron chi connectivity index (χ3n) is 4.57. The average molecular weight is 331 g/mol. The van der Waals surface area contributed by atoms with Crippen LogP contribution in [0, 0.1) is 0 Å². The second kappa shape index (κ2) is 6.93. The van der Waals surface area contributed by atoms with Crippen LogP contribution in [0.2, 0.25) is 0 Å². The lowest BCUT2D eigenvalue weighted by Gasteiger charge is -2.40. The highest BCUT2D eigenvalue weighted by molar-refractivity contribution is 5.97. The Labute approximate surface area is 145 Å². The fourth-order valence-electron chi connectivity index (χ4n) is 2.95. The molecule has 5 nitrogen and oxygen atoms in total. The van der Waals surface area contributed by atoms with Crippen LogP contribution in [-0.2, 0) is 10.2 Å². The number of piperazine rings is 1. The van der Waals surface area contributed by atoms with Crippen LogP contribution in [-0.4, -0.2) is 73.3 Å². The van der Waals surface area contributed by atoms with E-state index in [9.17, 15) is 9.59 Å². The van der Waals surface area contributed by atoms with Gasteiger partial charge in [-0.25, -0.2) is 0 Å². The van der Waals surface area contributed by atoms with E-state index in [1.165, 1.54) is 5.56 Å². The number of amides is 2. The molecule has 0 saturated carbocycles. The van der Waals surface area contributed by atoms with Crippen molar-refractivity contribution in [1.82, 2.24) is 14.7 Å². The van der Waals surface area contributed by atoms with E-state index in [1.54, 1.807) is 23.9 Å². The summed E-state index contributed by atoms with van der Waals surface area (Å²) in [5.74, 6) is -0.0926. The second-order valence-corrected chi connectivity index (χ2v) is 7.84. The van der Waals surface area contributed by atoms with E-state index in [0.29, 0.717) is 18.7 Å². The number of nitrogens with zero attached hydrogens (tertiary/aromatic N) is 3. The molecule has 1 heterocycles. The number of carbonyl (C=O) groups excluding carboxylic acids is 2. The van der Waals surface area contributed by atoms with Crippen molar-refractivity contribution in [2.24, 2.45) is 0 Å². The summed E-state index contributed by atoms with van der Waals surface area (Å²) in [5, 5.41) is 0. The monoisotopic (exact) mass is 331 g/mol. The Hall–Kier alpha value is -1.88. The van der Waals surface area contributed by atoms with Crippen molar-refractivity contribution in [2.45, 2.75) is 32.2 Å². The summed E-state index contributed by atoms with van der Waals surface area (Å²) in [7, 11) is 5.45. The molecular weight excluding hydrogens is 302 g/mol. The summed E-state index contributed by atoms with van der Waals surface area (Å²) in [6.07, 6.45) is 0. The first kappa shape index (κ1) is 18.5. The molecule has 0 spiro atoms. The van der Waals surface area contributed by atoms with Crippen molar-refractivity contribution in [1.29, 1.82) is 0 Å². The zero-order valence-electron chi connectivity index (χ0n) is 15.7. The van der Waals surface area contributed by atoms with Crippen molar-refractivity contribution in [3.8, 4) is 0 Å². The van der Waals surface area contributed by atoms with Crippen LogP contribution in [0.5, 0.6) is 0 Å². The maximum Gasteiger partial charge on any atom is 0.254 e. The maximum atomic E-state index is 12.9. The Morgan fingerprint density at radius 3 is 2.17 bits per heavy atom. The molecule has 2 amide bonds. The average Bonchev–Trinajstić information content (AvgIpc) is 2.52. The van der Waals surface area contributed by atoms with Gasteiger partial charge in [0.25, 0.3) is 5.91 Å².